The normalized spacial score (nSPS) is 16.1. The molecule has 1 atom stereocenters. The van der Waals surface area contributed by atoms with Gasteiger partial charge in [0, 0.05) is 20.9 Å². The Bertz CT molecular complexity index is 1060. The molecule has 5 rings (SSSR count). The second kappa shape index (κ2) is 6.02. The molecule has 0 saturated heterocycles. The topological polar surface area (TPSA) is 0 Å². The highest BCUT2D eigenvalue weighted by Crippen LogP contribution is 2.46. The van der Waals surface area contributed by atoms with Gasteiger partial charge in [0.15, 0.2) is 0 Å². The first kappa shape index (κ1) is 14.7. The predicted octanol–water partition coefficient (Wildman–Crippen LogP) is 7.12. The molecule has 1 aliphatic carbocycles. The molecule has 1 unspecified atom stereocenters. The number of allylic oxidation sites excluding steroid dienone is 1. The second-order valence-electron chi connectivity index (χ2n) is 6.53. The second-order valence-corrected chi connectivity index (χ2v) is 7.58. The Morgan fingerprint density at radius 3 is 2.32 bits per heavy atom. The molecule has 0 bridgehead atoms. The van der Waals surface area contributed by atoms with Crippen LogP contribution in [0.25, 0.3) is 27.3 Å². The Kier molecular flexibility index (Phi) is 3.53. The van der Waals surface area contributed by atoms with Crippen LogP contribution in [-0.2, 0) is 0 Å². The van der Waals surface area contributed by atoms with Crippen molar-refractivity contribution in [2.75, 3.05) is 0 Å². The lowest BCUT2D eigenvalue weighted by molar-refractivity contribution is 0.840. The molecule has 0 nitrogen and oxygen atoms in total. The maximum Gasteiger partial charge on any atom is 0.0430 e. The summed E-state index contributed by atoms with van der Waals surface area (Å²) in [6, 6.07) is 28.4. The van der Waals surface area contributed by atoms with Crippen LogP contribution in [0.15, 0.2) is 84.9 Å². The number of rotatable bonds is 2. The first-order valence-electron chi connectivity index (χ1n) is 8.74. The Hall–Kier alpha value is -2.64. The van der Waals surface area contributed by atoms with Gasteiger partial charge in [-0.3, -0.25) is 0 Å². The predicted molar refractivity (Wildman–Crippen MR) is 109 cm³/mol. The molecule has 0 amide bonds. The summed E-state index contributed by atoms with van der Waals surface area (Å²) in [6.45, 7) is 0. The van der Waals surface area contributed by atoms with Crippen LogP contribution in [-0.4, -0.2) is 0 Å². The minimum Gasteiger partial charge on any atom is -0.138 e. The van der Waals surface area contributed by atoms with Gasteiger partial charge in [-0.05, 0) is 28.7 Å². The fraction of sp³-hybridized carbons (Fsp3) is 0.0833. The van der Waals surface area contributed by atoms with E-state index in [9.17, 15) is 0 Å². The fourth-order valence-electron chi connectivity index (χ4n) is 3.83. The van der Waals surface area contributed by atoms with Crippen molar-refractivity contribution in [3.63, 3.8) is 0 Å². The molecule has 0 aliphatic heterocycles. The highest BCUT2D eigenvalue weighted by molar-refractivity contribution is 7.20. The van der Waals surface area contributed by atoms with Gasteiger partial charge in [0.05, 0.1) is 0 Å². The summed E-state index contributed by atoms with van der Waals surface area (Å²) in [6.07, 6.45) is 5.74. The summed E-state index contributed by atoms with van der Waals surface area (Å²) in [5.74, 6) is 0.474. The number of thiophene rings is 1. The van der Waals surface area contributed by atoms with E-state index in [-0.39, 0.29) is 0 Å². The first-order valence-corrected chi connectivity index (χ1v) is 9.56. The molecular formula is C24H18S. The number of benzene rings is 3. The van der Waals surface area contributed by atoms with Crippen molar-refractivity contribution in [1.29, 1.82) is 0 Å². The van der Waals surface area contributed by atoms with Crippen molar-refractivity contribution in [1.82, 2.24) is 0 Å². The molecule has 0 N–H and O–H groups in total. The summed E-state index contributed by atoms with van der Waals surface area (Å²) < 4.78 is 1.41. The SMILES string of the molecule is C1=Cc2c(sc3c(-c4ccccc4)cccc23)C(c2ccccc2)C1. The van der Waals surface area contributed by atoms with Gasteiger partial charge in [0.1, 0.15) is 0 Å². The third-order valence-corrected chi connectivity index (χ3v) is 6.41. The molecule has 0 spiro atoms. The van der Waals surface area contributed by atoms with Gasteiger partial charge in [-0.2, -0.15) is 0 Å². The summed E-state index contributed by atoms with van der Waals surface area (Å²) >= 11 is 1.97. The molecule has 1 heterocycles. The van der Waals surface area contributed by atoms with E-state index in [1.165, 1.54) is 37.2 Å². The molecule has 25 heavy (non-hydrogen) atoms. The lowest BCUT2D eigenvalue weighted by Gasteiger charge is -2.18. The lowest BCUT2D eigenvalue weighted by Crippen LogP contribution is -2.02. The van der Waals surface area contributed by atoms with E-state index in [0.29, 0.717) is 5.92 Å². The van der Waals surface area contributed by atoms with Gasteiger partial charge >= 0.3 is 0 Å². The van der Waals surface area contributed by atoms with Crippen molar-refractivity contribution in [3.05, 3.63) is 101 Å². The van der Waals surface area contributed by atoms with Crippen molar-refractivity contribution in [2.45, 2.75) is 12.3 Å². The zero-order valence-corrected chi connectivity index (χ0v) is 14.7. The Morgan fingerprint density at radius 1 is 0.760 bits per heavy atom. The lowest BCUT2D eigenvalue weighted by atomic mass is 9.87. The minimum absolute atomic E-state index is 0.474. The monoisotopic (exact) mass is 338 g/mol. The van der Waals surface area contributed by atoms with Gasteiger partial charge in [0.2, 0.25) is 0 Å². The van der Waals surface area contributed by atoms with E-state index in [4.69, 9.17) is 0 Å². The molecule has 1 heteroatoms. The van der Waals surface area contributed by atoms with Crippen LogP contribution in [0.5, 0.6) is 0 Å². The molecule has 3 aromatic carbocycles. The van der Waals surface area contributed by atoms with Gasteiger partial charge in [-0.15, -0.1) is 11.3 Å². The average molecular weight is 338 g/mol. The smallest absolute Gasteiger partial charge is 0.0430 e. The molecular weight excluding hydrogens is 320 g/mol. The Labute approximate surface area is 152 Å². The van der Waals surface area contributed by atoms with E-state index in [2.05, 4.69) is 91.0 Å². The largest absolute Gasteiger partial charge is 0.138 e. The van der Waals surface area contributed by atoms with Crippen LogP contribution in [0, 0.1) is 0 Å². The van der Waals surface area contributed by atoms with E-state index in [1.54, 1.807) is 0 Å². The van der Waals surface area contributed by atoms with Crippen LogP contribution in [0.3, 0.4) is 0 Å². The molecule has 0 saturated carbocycles. The standard InChI is InChI=1S/C24H18S/c1-3-9-17(10-4-1)19-13-7-15-21-22-16-8-14-20(24(22)25-23(19)21)18-11-5-2-6-12-18/h1-13,15-16,20H,14H2. The van der Waals surface area contributed by atoms with Crippen molar-refractivity contribution in [3.8, 4) is 11.1 Å². The molecule has 1 aliphatic rings. The average Bonchev–Trinajstić information content (AvgIpc) is 3.08. The third-order valence-electron chi connectivity index (χ3n) is 5.04. The summed E-state index contributed by atoms with van der Waals surface area (Å²) in [7, 11) is 0. The van der Waals surface area contributed by atoms with Crippen LogP contribution in [0.2, 0.25) is 0 Å². The van der Waals surface area contributed by atoms with Crippen molar-refractivity contribution >= 4 is 27.5 Å². The number of hydrogen-bond donors (Lipinski definition) is 0. The highest BCUT2D eigenvalue weighted by Gasteiger charge is 2.24. The zero-order valence-electron chi connectivity index (χ0n) is 13.9. The third kappa shape index (κ3) is 2.43. The summed E-state index contributed by atoms with van der Waals surface area (Å²) in [5, 5.41) is 1.39. The maximum absolute atomic E-state index is 2.33. The summed E-state index contributed by atoms with van der Waals surface area (Å²) in [4.78, 5) is 1.51. The van der Waals surface area contributed by atoms with Gasteiger partial charge < -0.3 is 0 Å². The summed E-state index contributed by atoms with van der Waals surface area (Å²) in [5.41, 5.74) is 5.48. The van der Waals surface area contributed by atoms with Crippen LogP contribution >= 0.6 is 11.3 Å². The first-order chi connectivity index (χ1) is 12.4. The Balaban J connectivity index is 1.74. The molecule has 4 aromatic rings. The van der Waals surface area contributed by atoms with Crippen LogP contribution in [0.1, 0.15) is 28.3 Å². The number of fused-ring (bicyclic) bond motifs is 3. The van der Waals surface area contributed by atoms with Crippen LogP contribution < -0.4 is 0 Å². The molecule has 1 aromatic heterocycles. The van der Waals surface area contributed by atoms with E-state index >= 15 is 0 Å². The quantitative estimate of drug-likeness (QED) is 0.365. The molecule has 120 valence electrons. The Morgan fingerprint density at radius 2 is 1.52 bits per heavy atom. The highest BCUT2D eigenvalue weighted by atomic mass is 32.1. The molecule has 0 fully saturated rings. The van der Waals surface area contributed by atoms with Crippen molar-refractivity contribution in [2.24, 2.45) is 0 Å². The maximum atomic E-state index is 2.33. The van der Waals surface area contributed by atoms with Gasteiger partial charge in [-0.25, -0.2) is 0 Å². The minimum atomic E-state index is 0.474. The van der Waals surface area contributed by atoms with Crippen molar-refractivity contribution < 1.29 is 0 Å². The zero-order chi connectivity index (χ0) is 16.6. The molecule has 0 radical (unpaired) electrons. The van der Waals surface area contributed by atoms with Gasteiger partial charge in [-0.1, -0.05) is 91.0 Å². The van der Waals surface area contributed by atoms with E-state index in [1.807, 2.05) is 11.3 Å². The number of hydrogen-bond acceptors (Lipinski definition) is 1. The fourth-order valence-corrected chi connectivity index (χ4v) is 5.30. The van der Waals surface area contributed by atoms with E-state index in [0.717, 1.165) is 6.42 Å². The van der Waals surface area contributed by atoms with E-state index < -0.39 is 0 Å². The van der Waals surface area contributed by atoms with Gasteiger partial charge in [0.25, 0.3) is 0 Å². The van der Waals surface area contributed by atoms with Crippen LogP contribution in [0.4, 0.5) is 0 Å².